The largest absolute Gasteiger partial charge is 0.494 e. The number of nitrogens with zero attached hydrogens (tertiary/aromatic N) is 2. The molecule has 0 saturated heterocycles. The lowest BCUT2D eigenvalue weighted by Crippen LogP contribution is -2.45. The van der Waals surface area contributed by atoms with Crippen LogP contribution in [0.2, 0.25) is 0 Å². The van der Waals surface area contributed by atoms with Gasteiger partial charge in [0.15, 0.2) is 0 Å². The van der Waals surface area contributed by atoms with Crippen molar-refractivity contribution in [2.24, 2.45) is 5.92 Å². The number of thiophene rings is 1. The number of benzene rings is 2. The van der Waals surface area contributed by atoms with Crippen LogP contribution in [0.5, 0.6) is 5.75 Å². The van der Waals surface area contributed by atoms with E-state index >= 15 is 0 Å². The molecule has 0 bridgehead atoms. The number of anilines is 1. The number of carbonyl (C=O) groups is 2. The summed E-state index contributed by atoms with van der Waals surface area (Å²) in [5, 5.41) is 4.89. The topological polar surface area (TPSA) is 61.9 Å². The second-order valence-electron chi connectivity index (χ2n) is 9.06. The van der Waals surface area contributed by atoms with Crippen LogP contribution < -0.4 is 10.1 Å². The number of aryl methyl sites for hydroxylation is 1. The zero-order valence-corrected chi connectivity index (χ0v) is 22.1. The highest BCUT2D eigenvalue weighted by atomic mass is 32.1. The van der Waals surface area contributed by atoms with E-state index < -0.39 is 0 Å². The molecule has 0 aliphatic heterocycles. The number of nitrogens with one attached hydrogen (secondary N) is 1. The van der Waals surface area contributed by atoms with Crippen molar-refractivity contribution in [2.45, 2.75) is 40.8 Å². The first-order valence-corrected chi connectivity index (χ1v) is 13.0. The molecule has 1 heterocycles. The van der Waals surface area contributed by atoms with Crippen molar-refractivity contribution in [3.8, 4) is 5.75 Å². The van der Waals surface area contributed by atoms with Gasteiger partial charge in [-0.1, -0.05) is 26.0 Å². The summed E-state index contributed by atoms with van der Waals surface area (Å²) in [6, 6.07) is 15.0. The van der Waals surface area contributed by atoms with E-state index in [-0.39, 0.29) is 30.2 Å². The lowest BCUT2D eigenvalue weighted by molar-refractivity contribution is -0.133. The Kier molecular flexibility index (Phi) is 9.87. The van der Waals surface area contributed by atoms with Crippen molar-refractivity contribution < 1.29 is 18.7 Å². The van der Waals surface area contributed by atoms with Gasteiger partial charge in [-0.2, -0.15) is 0 Å². The fourth-order valence-corrected chi connectivity index (χ4v) is 4.63. The molecule has 8 heteroatoms. The summed E-state index contributed by atoms with van der Waals surface area (Å²) < 4.78 is 18.9. The van der Waals surface area contributed by atoms with E-state index in [0.29, 0.717) is 31.9 Å². The Bertz CT molecular complexity index is 1130. The number of rotatable bonds is 11. The summed E-state index contributed by atoms with van der Waals surface area (Å²) in [7, 11) is 0. The van der Waals surface area contributed by atoms with Gasteiger partial charge in [-0.25, -0.2) is 9.18 Å². The molecular formula is C28H34FN3O3S. The fourth-order valence-electron chi connectivity index (χ4n) is 3.71. The standard InChI is InChI=1S/C28H34FN3O3S/c1-5-35-25-12-10-24(11-13-25)30-28(34)32(16-20(2)3)19-27(33)31(18-26-21(4)14-15-36-26)17-22-6-8-23(29)9-7-22/h6-15,20H,5,16-19H2,1-4H3,(H,30,34). The Morgan fingerprint density at radius 1 is 1.00 bits per heavy atom. The first-order valence-electron chi connectivity index (χ1n) is 12.1. The zero-order chi connectivity index (χ0) is 26.1. The number of hydrogen-bond donors (Lipinski definition) is 1. The van der Waals surface area contributed by atoms with E-state index in [2.05, 4.69) is 5.32 Å². The Morgan fingerprint density at radius 3 is 2.28 bits per heavy atom. The third kappa shape index (κ3) is 8.09. The van der Waals surface area contributed by atoms with Crippen molar-refractivity contribution in [3.05, 3.63) is 81.8 Å². The van der Waals surface area contributed by atoms with E-state index in [9.17, 15) is 14.0 Å². The highest BCUT2D eigenvalue weighted by Crippen LogP contribution is 2.21. The van der Waals surface area contributed by atoms with Crippen LogP contribution in [0.15, 0.2) is 60.0 Å². The van der Waals surface area contributed by atoms with E-state index in [1.165, 1.54) is 12.1 Å². The molecule has 0 fully saturated rings. The summed E-state index contributed by atoms with van der Waals surface area (Å²) >= 11 is 1.59. The van der Waals surface area contributed by atoms with Gasteiger partial charge >= 0.3 is 6.03 Å². The van der Waals surface area contributed by atoms with E-state index in [0.717, 1.165) is 21.8 Å². The van der Waals surface area contributed by atoms with Gasteiger partial charge < -0.3 is 19.9 Å². The minimum absolute atomic E-state index is 0.0628. The highest BCUT2D eigenvalue weighted by Gasteiger charge is 2.23. The van der Waals surface area contributed by atoms with Gasteiger partial charge in [0.2, 0.25) is 5.91 Å². The van der Waals surface area contributed by atoms with Crippen molar-refractivity contribution in [1.82, 2.24) is 9.80 Å². The molecule has 192 valence electrons. The number of carbonyl (C=O) groups excluding carboxylic acids is 2. The second kappa shape index (κ2) is 13.1. The van der Waals surface area contributed by atoms with Crippen LogP contribution >= 0.6 is 11.3 Å². The predicted molar refractivity (Wildman–Crippen MR) is 143 cm³/mol. The Balaban J connectivity index is 1.75. The van der Waals surface area contributed by atoms with Gasteiger partial charge in [-0.3, -0.25) is 4.79 Å². The van der Waals surface area contributed by atoms with Gasteiger partial charge in [0.1, 0.15) is 18.1 Å². The molecule has 1 aromatic heterocycles. The zero-order valence-electron chi connectivity index (χ0n) is 21.3. The van der Waals surface area contributed by atoms with Crippen molar-refractivity contribution >= 4 is 29.0 Å². The SMILES string of the molecule is CCOc1ccc(NC(=O)N(CC(=O)N(Cc2ccc(F)cc2)Cc2sccc2C)CC(C)C)cc1. The van der Waals surface area contributed by atoms with Crippen LogP contribution in [-0.4, -0.2) is 41.4 Å². The molecule has 1 N–H and O–H groups in total. The molecule has 0 saturated carbocycles. The molecule has 3 rings (SSSR count). The second-order valence-corrected chi connectivity index (χ2v) is 10.1. The first-order chi connectivity index (χ1) is 17.2. The number of halogens is 1. The average molecular weight is 512 g/mol. The molecule has 6 nitrogen and oxygen atoms in total. The van der Waals surface area contributed by atoms with Crippen LogP contribution in [0.25, 0.3) is 0 Å². The van der Waals surface area contributed by atoms with Gasteiger partial charge in [-0.15, -0.1) is 11.3 Å². The third-order valence-electron chi connectivity index (χ3n) is 5.56. The smallest absolute Gasteiger partial charge is 0.322 e. The summed E-state index contributed by atoms with van der Waals surface area (Å²) in [6.45, 7) is 9.62. The van der Waals surface area contributed by atoms with Crippen LogP contribution in [0.4, 0.5) is 14.9 Å². The monoisotopic (exact) mass is 511 g/mol. The van der Waals surface area contributed by atoms with E-state index in [1.807, 2.05) is 39.1 Å². The van der Waals surface area contributed by atoms with Crippen molar-refractivity contribution in [3.63, 3.8) is 0 Å². The summed E-state index contributed by atoms with van der Waals surface area (Å²) in [6.07, 6.45) is 0. The number of urea groups is 1. The quantitative estimate of drug-likeness (QED) is 0.328. The highest BCUT2D eigenvalue weighted by molar-refractivity contribution is 7.10. The van der Waals surface area contributed by atoms with Crippen LogP contribution in [0.3, 0.4) is 0 Å². The van der Waals surface area contributed by atoms with Crippen molar-refractivity contribution in [1.29, 1.82) is 0 Å². The van der Waals surface area contributed by atoms with E-state index in [1.54, 1.807) is 57.5 Å². The molecule has 2 aromatic carbocycles. The normalized spacial score (nSPS) is 10.8. The van der Waals surface area contributed by atoms with Gasteiger partial charge in [0, 0.05) is 23.7 Å². The molecule has 0 spiro atoms. The molecule has 0 atom stereocenters. The van der Waals surface area contributed by atoms with Crippen LogP contribution in [-0.2, 0) is 17.9 Å². The third-order valence-corrected chi connectivity index (χ3v) is 6.57. The minimum atomic E-state index is -0.338. The maximum absolute atomic E-state index is 13.5. The van der Waals surface area contributed by atoms with Crippen LogP contribution in [0.1, 0.15) is 36.8 Å². The first kappa shape index (κ1) is 27.2. The van der Waals surface area contributed by atoms with Crippen molar-refractivity contribution in [2.75, 3.05) is 25.0 Å². The van der Waals surface area contributed by atoms with Gasteiger partial charge in [-0.05, 0) is 78.7 Å². The molecule has 3 amide bonds. The molecule has 0 aliphatic carbocycles. The van der Waals surface area contributed by atoms with Gasteiger partial charge in [0.05, 0.1) is 13.2 Å². The maximum Gasteiger partial charge on any atom is 0.322 e. The number of ether oxygens (including phenoxy) is 1. The predicted octanol–water partition coefficient (Wildman–Crippen LogP) is 6.31. The number of hydrogen-bond acceptors (Lipinski definition) is 4. The number of amides is 3. The molecule has 0 radical (unpaired) electrons. The lowest BCUT2D eigenvalue weighted by Gasteiger charge is -2.29. The lowest BCUT2D eigenvalue weighted by atomic mass is 10.2. The van der Waals surface area contributed by atoms with Crippen LogP contribution in [0, 0.1) is 18.7 Å². The molecule has 3 aromatic rings. The van der Waals surface area contributed by atoms with E-state index in [4.69, 9.17) is 4.74 Å². The molecule has 0 unspecified atom stereocenters. The molecule has 36 heavy (non-hydrogen) atoms. The Hall–Kier alpha value is -3.39. The molecular weight excluding hydrogens is 477 g/mol. The maximum atomic E-state index is 13.5. The average Bonchev–Trinajstić information content (AvgIpc) is 3.25. The fraction of sp³-hybridized carbons (Fsp3) is 0.357. The summed E-state index contributed by atoms with van der Waals surface area (Å²) in [5.74, 6) is 0.411. The Morgan fingerprint density at radius 2 is 1.69 bits per heavy atom. The Labute approximate surface area is 216 Å². The summed E-state index contributed by atoms with van der Waals surface area (Å²) in [5.41, 5.74) is 2.57. The van der Waals surface area contributed by atoms with Gasteiger partial charge in [0.25, 0.3) is 0 Å². The minimum Gasteiger partial charge on any atom is -0.494 e. The summed E-state index contributed by atoms with van der Waals surface area (Å²) in [4.78, 5) is 31.0. The molecule has 0 aliphatic rings.